The molecule has 0 spiro atoms. The first-order chi connectivity index (χ1) is 16.3. The van der Waals surface area contributed by atoms with E-state index in [4.69, 9.17) is 0 Å². The van der Waals surface area contributed by atoms with E-state index in [1.54, 1.807) is 0 Å². The van der Waals surface area contributed by atoms with Crippen molar-refractivity contribution >= 4 is 39.5 Å². The molecule has 4 nitrogen and oxygen atoms in total. The van der Waals surface area contributed by atoms with E-state index in [0.717, 1.165) is 44.3 Å². The highest BCUT2D eigenvalue weighted by atomic mass is 16.2. The van der Waals surface area contributed by atoms with E-state index >= 15 is 0 Å². The predicted molar refractivity (Wildman–Crippen MR) is 139 cm³/mol. The summed E-state index contributed by atoms with van der Waals surface area (Å²) in [6.07, 6.45) is 0. The van der Waals surface area contributed by atoms with E-state index in [2.05, 4.69) is 5.32 Å². The summed E-state index contributed by atoms with van der Waals surface area (Å²) in [6, 6.07) is 25.4. The summed E-state index contributed by atoms with van der Waals surface area (Å²) in [5.41, 5.74) is 7.11. The molecule has 5 rings (SSSR count). The van der Waals surface area contributed by atoms with Gasteiger partial charge in [-0.25, -0.2) is 4.90 Å². The highest BCUT2D eigenvalue weighted by molar-refractivity contribution is 6.47. The molecule has 2 amide bonds. The van der Waals surface area contributed by atoms with Crippen molar-refractivity contribution in [2.45, 2.75) is 27.7 Å². The first-order valence-electron chi connectivity index (χ1n) is 11.4. The lowest BCUT2D eigenvalue weighted by molar-refractivity contribution is -0.120. The van der Waals surface area contributed by atoms with Crippen molar-refractivity contribution in [3.63, 3.8) is 0 Å². The van der Waals surface area contributed by atoms with Gasteiger partial charge < -0.3 is 5.32 Å². The topological polar surface area (TPSA) is 49.4 Å². The zero-order chi connectivity index (χ0) is 24.0. The molecular formula is C30H26N2O2. The number of hydrogen-bond acceptors (Lipinski definition) is 3. The average molecular weight is 447 g/mol. The van der Waals surface area contributed by atoms with Crippen LogP contribution in [-0.4, -0.2) is 11.8 Å². The van der Waals surface area contributed by atoms with Gasteiger partial charge in [0.1, 0.15) is 5.70 Å². The summed E-state index contributed by atoms with van der Waals surface area (Å²) in [7, 11) is 0. The Balaban J connectivity index is 1.70. The second-order valence-electron chi connectivity index (χ2n) is 8.94. The Hall–Kier alpha value is -4.18. The lowest BCUT2D eigenvalue weighted by Crippen LogP contribution is -2.32. The number of carbonyl (C=O) groups is 2. The maximum atomic E-state index is 13.9. The Kier molecular flexibility index (Phi) is 5.29. The summed E-state index contributed by atoms with van der Waals surface area (Å²) < 4.78 is 0. The molecule has 0 atom stereocenters. The van der Waals surface area contributed by atoms with Gasteiger partial charge in [-0.15, -0.1) is 0 Å². The minimum atomic E-state index is -0.351. The molecular weight excluding hydrogens is 420 g/mol. The molecule has 1 aliphatic rings. The summed E-state index contributed by atoms with van der Waals surface area (Å²) in [4.78, 5) is 29.1. The molecule has 4 heteroatoms. The van der Waals surface area contributed by atoms with Crippen LogP contribution < -0.4 is 10.2 Å². The molecule has 0 radical (unpaired) electrons. The molecule has 0 fully saturated rings. The third kappa shape index (κ3) is 3.57. The maximum absolute atomic E-state index is 13.9. The normalized spacial score (nSPS) is 13.8. The number of anilines is 2. The number of aryl methyl sites for hydroxylation is 4. The van der Waals surface area contributed by atoms with Gasteiger partial charge in [0.2, 0.25) is 0 Å². The number of imide groups is 1. The molecule has 0 bridgehead atoms. The van der Waals surface area contributed by atoms with Crippen molar-refractivity contribution in [1.29, 1.82) is 0 Å². The first-order valence-corrected chi connectivity index (χ1v) is 11.4. The Bertz CT molecular complexity index is 1510. The quantitative estimate of drug-likeness (QED) is 0.366. The number of nitrogens with one attached hydrogen (secondary N) is 1. The number of amides is 2. The minimum Gasteiger partial charge on any atom is -0.350 e. The Morgan fingerprint density at radius 3 is 2.21 bits per heavy atom. The van der Waals surface area contributed by atoms with Crippen LogP contribution in [0.1, 0.15) is 27.8 Å². The molecule has 0 aliphatic carbocycles. The number of fused-ring (bicyclic) bond motifs is 1. The molecule has 4 aromatic rings. The molecule has 1 N–H and O–H groups in total. The van der Waals surface area contributed by atoms with Crippen LogP contribution >= 0.6 is 0 Å². The van der Waals surface area contributed by atoms with Gasteiger partial charge in [-0.3, -0.25) is 9.59 Å². The molecule has 4 aromatic carbocycles. The van der Waals surface area contributed by atoms with Crippen molar-refractivity contribution in [3.8, 4) is 0 Å². The Morgan fingerprint density at radius 2 is 1.41 bits per heavy atom. The van der Waals surface area contributed by atoms with Crippen LogP contribution in [0.3, 0.4) is 0 Å². The lowest BCUT2D eigenvalue weighted by Gasteiger charge is -2.18. The summed E-state index contributed by atoms with van der Waals surface area (Å²) >= 11 is 0. The van der Waals surface area contributed by atoms with Crippen LogP contribution in [-0.2, 0) is 9.59 Å². The van der Waals surface area contributed by atoms with Crippen LogP contribution in [0.4, 0.5) is 11.4 Å². The molecule has 0 saturated heterocycles. The van der Waals surface area contributed by atoms with Crippen LogP contribution in [0.5, 0.6) is 0 Å². The lowest BCUT2D eigenvalue weighted by atomic mass is 9.99. The summed E-state index contributed by atoms with van der Waals surface area (Å²) in [6.45, 7) is 8.04. The van der Waals surface area contributed by atoms with Gasteiger partial charge in [-0.1, -0.05) is 66.7 Å². The van der Waals surface area contributed by atoms with Gasteiger partial charge >= 0.3 is 0 Å². The smallest absolute Gasteiger partial charge is 0.282 e. The summed E-state index contributed by atoms with van der Waals surface area (Å²) in [5, 5.41) is 5.16. The van der Waals surface area contributed by atoms with E-state index in [9.17, 15) is 9.59 Å². The van der Waals surface area contributed by atoms with Gasteiger partial charge in [0, 0.05) is 11.1 Å². The van der Waals surface area contributed by atoms with Crippen molar-refractivity contribution < 1.29 is 9.59 Å². The first kappa shape index (κ1) is 21.7. The van der Waals surface area contributed by atoms with E-state index in [1.807, 2.05) is 107 Å². The largest absolute Gasteiger partial charge is 0.350 e. The molecule has 1 aliphatic heterocycles. The molecule has 34 heavy (non-hydrogen) atoms. The van der Waals surface area contributed by atoms with E-state index in [0.29, 0.717) is 17.0 Å². The summed E-state index contributed by atoms with van der Waals surface area (Å²) in [5.74, 6) is -0.673. The van der Waals surface area contributed by atoms with E-state index < -0.39 is 0 Å². The highest BCUT2D eigenvalue weighted by Gasteiger charge is 2.41. The molecule has 0 saturated carbocycles. The second-order valence-corrected chi connectivity index (χ2v) is 8.94. The van der Waals surface area contributed by atoms with Crippen LogP contribution in [0.2, 0.25) is 0 Å². The SMILES string of the molecule is Cc1ccc(C)c(NC2=C(c3ccc(C)c(C)c3)C(=O)N(c3cccc4ccccc34)C2=O)c1. The number of carbonyl (C=O) groups excluding carboxylic acids is 2. The standard InChI is InChI=1S/C30H26N2O2/c1-18-12-13-20(3)25(16-18)31-28-27(23-15-14-19(2)21(4)17-23)29(33)32(30(28)34)26-11-7-9-22-8-5-6-10-24(22)26/h5-17,31H,1-4H3. The van der Waals surface area contributed by atoms with Crippen LogP contribution in [0, 0.1) is 27.7 Å². The van der Waals surface area contributed by atoms with Crippen LogP contribution in [0.15, 0.2) is 84.6 Å². The minimum absolute atomic E-state index is 0.301. The third-order valence-corrected chi connectivity index (χ3v) is 6.54. The third-order valence-electron chi connectivity index (χ3n) is 6.54. The highest BCUT2D eigenvalue weighted by Crippen LogP contribution is 2.37. The van der Waals surface area contributed by atoms with Gasteiger partial charge in [-0.2, -0.15) is 0 Å². The Morgan fingerprint density at radius 1 is 0.676 bits per heavy atom. The van der Waals surface area contributed by atoms with Crippen molar-refractivity contribution in [2.75, 3.05) is 10.2 Å². The zero-order valence-electron chi connectivity index (χ0n) is 19.8. The van der Waals surface area contributed by atoms with Crippen molar-refractivity contribution in [2.24, 2.45) is 0 Å². The van der Waals surface area contributed by atoms with Crippen LogP contribution in [0.25, 0.3) is 16.3 Å². The molecule has 168 valence electrons. The average Bonchev–Trinajstić information content (AvgIpc) is 3.07. The fourth-order valence-corrected chi connectivity index (χ4v) is 4.44. The number of benzene rings is 4. The Labute approximate surface area is 199 Å². The van der Waals surface area contributed by atoms with E-state index in [1.165, 1.54) is 4.90 Å². The van der Waals surface area contributed by atoms with Gasteiger partial charge in [0.25, 0.3) is 11.8 Å². The molecule has 1 heterocycles. The number of rotatable bonds is 4. The van der Waals surface area contributed by atoms with Gasteiger partial charge in [0.15, 0.2) is 0 Å². The fourth-order valence-electron chi connectivity index (χ4n) is 4.44. The van der Waals surface area contributed by atoms with Gasteiger partial charge in [0.05, 0.1) is 11.3 Å². The number of nitrogens with zero attached hydrogens (tertiary/aromatic N) is 1. The second kappa shape index (κ2) is 8.31. The molecule has 0 aromatic heterocycles. The van der Waals surface area contributed by atoms with E-state index in [-0.39, 0.29) is 11.8 Å². The fraction of sp³-hybridized carbons (Fsp3) is 0.133. The predicted octanol–water partition coefficient (Wildman–Crippen LogP) is 6.47. The monoisotopic (exact) mass is 446 g/mol. The zero-order valence-corrected chi connectivity index (χ0v) is 19.8. The molecule has 0 unspecified atom stereocenters. The van der Waals surface area contributed by atoms with Crippen molar-refractivity contribution in [1.82, 2.24) is 0 Å². The van der Waals surface area contributed by atoms with Crippen molar-refractivity contribution in [3.05, 3.63) is 112 Å². The van der Waals surface area contributed by atoms with Gasteiger partial charge in [-0.05, 0) is 73.0 Å². The number of hydrogen-bond donors (Lipinski definition) is 1. The maximum Gasteiger partial charge on any atom is 0.282 e.